The minimum Gasteiger partial charge on any atom is -0.369 e. The number of nitrogens with one attached hydrogen (secondary N) is 2. The van der Waals surface area contributed by atoms with Crippen LogP contribution in [0.5, 0.6) is 0 Å². The van der Waals surface area contributed by atoms with E-state index in [4.69, 9.17) is 5.84 Å². The molecule has 2 aromatic rings. The Labute approximate surface area is 123 Å². The molecule has 0 aliphatic heterocycles. The summed E-state index contributed by atoms with van der Waals surface area (Å²) in [6.07, 6.45) is 5.04. The van der Waals surface area contributed by atoms with Crippen molar-refractivity contribution in [3.63, 3.8) is 0 Å². The Hall–Kier alpha value is -2.15. The second kappa shape index (κ2) is 5.69. The third-order valence-corrected chi connectivity index (χ3v) is 3.84. The Balaban J connectivity index is 1.71. The summed E-state index contributed by atoms with van der Waals surface area (Å²) >= 11 is 0. The number of hydrogen-bond acceptors (Lipinski definition) is 6. The van der Waals surface area contributed by atoms with Crippen LogP contribution in [0.25, 0.3) is 0 Å². The monoisotopic (exact) mass is 287 g/mol. The molecule has 0 radical (unpaired) electrons. The maximum atomic E-state index is 5.56. The SMILES string of the molecule is Cc1c(NN)nc(C2CC2)nc1NCCc1ccnn1C. The molecule has 0 aromatic carbocycles. The van der Waals surface area contributed by atoms with Crippen molar-refractivity contribution in [3.8, 4) is 0 Å². The molecule has 7 heteroatoms. The zero-order chi connectivity index (χ0) is 14.8. The number of anilines is 2. The van der Waals surface area contributed by atoms with Gasteiger partial charge in [0.1, 0.15) is 17.5 Å². The highest BCUT2D eigenvalue weighted by Crippen LogP contribution is 2.39. The maximum Gasteiger partial charge on any atom is 0.148 e. The Morgan fingerprint density at radius 3 is 2.71 bits per heavy atom. The van der Waals surface area contributed by atoms with Gasteiger partial charge in [0, 0.05) is 43.4 Å². The van der Waals surface area contributed by atoms with Crippen LogP contribution in [-0.4, -0.2) is 26.3 Å². The molecule has 0 atom stereocenters. The van der Waals surface area contributed by atoms with E-state index in [1.807, 2.05) is 30.9 Å². The van der Waals surface area contributed by atoms with Gasteiger partial charge in [-0.05, 0) is 25.8 Å². The molecule has 1 aliphatic rings. The van der Waals surface area contributed by atoms with Crippen molar-refractivity contribution in [2.24, 2.45) is 12.9 Å². The van der Waals surface area contributed by atoms with E-state index < -0.39 is 0 Å². The molecular formula is C14H21N7. The van der Waals surface area contributed by atoms with Crippen LogP contribution in [0.2, 0.25) is 0 Å². The fourth-order valence-corrected chi connectivity index (χ4v) is 2.33. The Kier molecular flexibility index (Phi) is 3.74. The highest BCUT2D eigenvalue weighted by molar-refractivity contribution is 5.57. The number of aryl methyl sites for hydroxylation is 1. The van der Waals surface area contributed by atoms with E-state index in [0.29, 0.717) is 11.7 Å². The van der Waals surface area contributed by atoms with Crippen molar-refractivity contribution in [3.05, 3.63) is 29.3 Å². The topological polar surface area (TPSA) is 93.7 Å². The molecule has 1 aliphatic carbocycles. The molecule has 0 saturated heterocycles. The van der Waals surface area contributed by atoms with E-state index in [0.717, 1.165) is 30.2 Å². The van der Waals surface area contributed by atoms with Crippen molar-refractivity contribution in [2.75, 3.05) is 17.3 Å². The van der Waals surface area contributed by atoms with Crippen LogP contribution in [-0.2, 0) is 13.5 Å². The number of rotatable bonds is 6. The van der Waals surface area contributed by atoms with Crippen molar-refractivity contribution in [1.29, 1.82) is 0 Å². The summed E-state index contributed by atoms with van der Waals surface area (Å²) in [5, 5.41) is 7.56. The molecule has 3 rings (SSSR count). The summed E-state index contributed by atoms with van der Waals surface area (Å²) in [5.74, 6) is 8.50. The lowest BCUT2D eigenvalue weighted by molar-refractivity contribution is 0.710. The largest absolute Gasteiger partial charge is 0.369 e. The van der Waals surface area contributed by atoms with Crippen LogP contribution in [0.15, 0.2) is 12.3 Å². The standard InChI is InChI=1S/C14H21N7/c1-9-12(16-7-5-11-6-8-17-21(11)2)18-14(10-3-4-10)19-13(9)20-15/h6,8,10H,3-5,7,15H2,1-2H3,(H2,16,18,19,20). The molecule has 2 aromatic heterocycles. The molecule has 0 amide bonds. The van der Waals surface area contributed by atoms with Gasteiger partial charge < -0.3 is 10.7 Å². The minimum atomic E-state index is 0.496. The van der Waals surface area contributed by atoms with E-state index in [-0.39, 0.29) is 0 Å². The molecule has 7 nitrogen and oxygen atoms in total. The normalized spacial score (nSPS) is 14.2. The molecule has 0 bridgehead atoms. The van der Waals surface area contributed by atoms with Crippen LogP contribution in [0, 0.1) is 6.92 Å². The predicted molar refractivity (Wildman–Crippen MR) is 82.0 cm³/mol. The van der Waals surface area contributed by atoms with Crippen LogP contribution in [0.4, 0.5) is 11.6 Å². The summed E-state index contributed by atoms with van der Waals surface area (Å²) in [7, 11) is 1.95. The summed E-state index contributed by atoms with van der Waals surface area (Å²) in [6.45, 7) is 2.77. The zero-order valence-electron chi connectivity index (χ0n) is 12.4. The number of nitrogen functional groups attached to an aromatic ring is 1. The van der Waals surface area contributed by atoms with Crippen molar-refractivity contribution >= 4 is 11.6 Å². The first-order valence-electron chi connectivity index (χ1n) is 7.25. The number of hydrazine groups is 1. The van der Waals surface area contributed by atoms with E-state index in [1.54, 1.807) is 0 Å². The summed E-state index contributed by atoms with van der Waals surface area (Å²) in [6, 6.07) is 2.02. The average molecular weight is 287 g/mol. The van der Waals surface area contributed by atoms with Gasteiger partial charge in [0.05, 0.1) is 0 Å². The molecule has 2 heterocycles. The lowest BCUT2D eigenvalue weighted by Crippen LogP contribution is -2.16. The second-order valence-electron chi connectivity index (χ2n) is 5.45. The van der Waals surface area contributed by atoms with Gasteiger partial charge in [-0.1, -0.05) is 0 Å². The van der Waals surface area contributed by atoms with Crippen LogP contribution in [0.1, 0.15) is 35.8 Å². The van der Waals surface area contributed by atoms with E-state index in [1.165, 1.54) is 18.5 Å². The Morgan fingerprint density at radius 1 is 1.33 bits per heavy atom. The molecule has 1 saturated carbocycles. The fraction of sp³-hybridized carbons (Fsp3) is 0.500. The first-order chi connectivity index (χ1) is 10.2. The molecule has 0 spiro atoms. The van der Waals surface area contributed by atoms with Gasteiger partial charge in [0.25, 0.3) is 0 Å². The van der Waals surface area contributed by atoms with Crippen molar-refractivity contribution < 1.29 is 0 Å². The van der Waals surface area contributed by atoms with Gasteiger partial charge in [-0.3, -0.25) is 4.68 Å². The quantitative estimate of drug-likeness (QED) is 0.548. The summed E-state index contributed by atoms with van der Waals surface area (Å²) in [4.78, 5) is 9.13. The van der Waals surface area contributed by atoms with Crippen LogP contribution >= 0.6 is 0 Å². The first kappa shape index (κ1) is 13.8. The molecule has 0 unspecified atom stereocenters. The van der Waals surface area contributed by atoms with Gasteiger partial charge in [0.15, 0.2) is 0 Å². The first-order valence-corrected chi connectivity index (χ1v) is 7.25. The lowest BCUT2D eigenvalue weighted by atomic mass is 10.2. The van der Waals surface area contributed by atoms with Crippen LogP contribution in [0.3, 0.4) is 0 Å². The third kappa shape index (κ3) is 2.97. The van der Waals surface area contributed by atoms with E-state index in [2.05, 4.69) is 25.8 Å². The van der Waals surface area contributed by atoms with Crippen molar-refractivity contribution in [1.82, 2.24) is 19.7 Å². The zero-order valence-corrected chi connectivity index (χ0v) is 12.4. The van der Waals surface area contributed by atoms with Gasteiger partial charge in [-0.15, -0.1) is 0 Å². The molecule has 21 heavy (non-hydrogen) atoms. The van der Waals surface area contributed by atoms with Gasteiger partial charge >= 0.3 is 0 Å². The van der Waals surface area contributed by atoms with Crippen LogP contribution < -0.4 is 16.6 Å². The third-order valence-electron chi connectivity index (χ3n) is 3.84. The summed E-state index contributed by atoms with van der Waals surface area (Å²) in [5.41, 5.74) is 4.81. The molecule has 1 fully saturated rings. The predicted octanol–water partition coefficient (Wildman–Crippen LogP) is 1.34. The number of aromatic nitrogens is 4. The highest BCUT2D eigenvalue weighted by atomic mass is 15.3. The number of hydrogen-bond donors (Lipinski definition) is 3. The number of nitrogens with zero attached hydrogens (tertiary/aromatic N) is 4. The van der Waals surface area contributed by atoms with Gasteiger partial charge in [0.2, 0.25) is 0 Å². The van der Waals surface area contributed by atoms with E-state index in [9.17, 15) is 0 Å². The minimum absolute atomic E-state index is 0.496. The molecule has 4 N–H and O–H groups in total. The number of nitrogens with two attached hydrogens (primary N) is 1. The average Bonchev–Trinajstić information content (AvgIpc) is 3.25. The summed E-state index contributed by atoms with van der Waals surface area (Å²) < 4.78 is 1.89. The smallest absolute Gasteiger partial charge is 0.148 e. The molecule has 112 valence electrons. The second-order valence-corrected chi connectivity index (χ2v) is 5.45. The van der Waals surface area contributed by atoms with Gasteiger partial charge in [-0.25, -0.2) is 15.8 Å². The van der Waals surface area contributed by atoms with Gasteiger partial charge in [-0.2, -0.15) is 5.10 Å². The van der Waals surface area contributed by atoms with E-state index >= 15 is 0 Å². The fourth-order valence-electron chi connectivity index (χ4n) is 2.33. The Morgan fingerprint density at radius 2 is 2.10 bits per heavy atom. The highest BCUT2D eigenvalue weighted by Gasteiger charge is 2.28. The lowest BCUT2D eigenvalue weighted by Gasteiger charge is -2.13. The Bertz CT molecular complexity index is 630. The maximum absolute atomic E-state index is 5.56. The molecular weight excluding hydrogens is 266 g/mol. The van der Waals surface area contributed by atoms with Crippen molar-refractivity contribution in [2.45, 2.75) is 32.1 Å².